The number of nitrogens with zero attached hydrogens (tertiary/aromatic N) is 4. The summed E-state index contributed by atoms with van der Waals surface area (Å²) in [6.07, 6.45) is -6.33. The second kappa shape index (κ2) is 23.1. The SMILES string of the molecule is CC(C)(C)OC(=O)N1CC[C@H](NC(=O)C(C)(C)COc2ncccc2OC(F)(F)F)[C@H](c2ccccc2)C1.CN1CC[C@@H](NC(=O)C(C)(C)COc2ncccc2OC(F)(F)F)[C@@H](c2ccccc2)C1. The smallest absolute Gasteiger partial charge is 0.474 e. The van der Waals surface area contributed by atoms with Crippen LogP contribution >= 0.6 is 0 Å². The number of likely N-dealkylation sites (N-methyl/N-ethyl adjacent to an activating group) is 1. The Kier molecular flexibility index (Phi) is 18.0. The first-order valence-electron chi connectivity index (χ1n) is 22.7. The molecule has 0 unspecified atom stereocenters. The van der Waals surface area contributed by atoms with Crippen molar-refractivity contribution in [2.45, 2.75) is 104 Å². The number of piperidine rings is 2. The zero-order chi connectivity index (χ0) is 51.5. The van der Waals surface area contributed by atoms with Gasteiger partial charge in [0.2, 0.25) is 11.8 Å². The molecule has 0 bridgehead atoms. The second-order valence-corrected chi connectivity index (χ2v) is 19.5. The van der Waals surface area contributed by atoms with E-state index in [1.54, 1.807) is 53.4 Å². The molecule has 2 fully saturated rings. The van der Waals surface area contributed by atoms with Crippen molar-refractivity contribution in [2.24, 2.45) is 10.8 Å². The Balaban J connectivity index is 0.000000265. The Morgan fingerprint density at radius 3 is 1.43 bits per heavy atom. The Bertz CT molecular complexity index is 2330. The molecule has 2 aliphatic rings. The first-order valence-corrected chi connectivity index (χ1v) is 22.7. The van der Waals surface area contributed by atoms with Gasteiger partial charge >= 0.3 is 18.8 Å². The minimum Gasteiger partial charge on any atom is -0.474 e. The minimum absolute atomic E-state index is 0.0562. The van der Waals surface area contributed by atoms with E-state index in [0.29, 0.717) is 19.5 Å². The predicted molar refractivity (Wildman–Crippen MR) is 247 cm³/mol. The number of halogens is 6. The quantitative estimate of drug-likeness (QED) is 0.116. The van der Waals surface area contributed by atoms with Gasteiger partial charge in [-0.1, -0.05) is 60.7 Å². The lowest BCUT2D eigenvalue weighted by atomic mass is 9.84. The summed E-state index contributed by atoms with van der Waals surface area (Å²) in [5.41, 5.74) is -0.635. The lowest BCUT2D eigenvalue weighted by Crippen LogP contribution is -2.54. The fraction of sp³-hybridized carbons (Fsp3) is 0.500. The van der Waals surface area contributed by atoms with E-state index in [4.69, 9.17) is 14.2 Å². The van der Waals surface area contributed by atoms with Crippen molar-refractivity contribution in [3.8, 4) is 23.3 Å². The van der Waals surface area contributed by atoms with E-state index in [0.717, 1.165) is 42.8 Å². The molecule has 70 heavy (non-hydrogen) atoms. The highest BCUT2D eigenvalue weighted by Gasteiger charge is 2.40. The lowest BCUT2D eigenvalue weighted by Gasteiger charge is -2.40. The number of rotatable bonds is 14. The number of pyridine rings is 2. The van der Waals surface area contributed by atoms with E-state index in [9.17, 15) is 40.7 Å². The monoisotopic (exact) mass is 988 g/mol. The van der Waals surface area contributed by atoms with Crippen molar-refractivity contribution in [1.82, 2.24) is 30.4 Å². The maximum absolute atomic E-state index is 13.3. The number of ether oxygens (including phenoxy) is 5. The van der Waals surface area contributed by atoms with Crippen LogP contribution in [-0.4, -0.2) is 115 Å². The summed E-state index contributed by atoms with van der Waals surface area (Å²) in [5.74, 6) is -2.44. The van der Waals surface area contributed by atoms with Gasteiger partial charge in [0.05, 0.1) is 10.8 Å². The van der Waals surface area contributed by atoms with Gasteiger partial charge in [-0.3, -0.25) is 9.59 Å². The number of nitrogens with one attached hydrogen (secondary N) is 2. The van der Waals surface area contributed by atoms with Crippen molar-refractivity contribution in [3.05, 3.63) is 108 Å². The van der Waals surface area contributed by atoms with E-state index < -0.39 is 46.7 Å². The van der Waals surface area contributed by atoms with Crippen molar-refractivity contribution in [3.63, 3.8) is 0 Å². The van der Waals surface area contributed by atoms with Gasteiger partial charge in [0, 0.05) is 55.9 Å². The minimum atomic E-state index is -4.91. The Morgan fingerprint density at radius 2 is 1.01 bits per heavy atom. The van der Waals surface area contributed by atoms with E-state index in [2.05, 4.69) is 54.2 Å². The van der Waals surface area contributed by atoms with Crippen LogP contribution in [0.5, 0.6) is 23.3 Å². The maximum Gasteiger partial charge on any atom is 0.573 e. The predicted octanol–water partition coefficient (Wildman–Crippen LogP) is 9.28. The summed E-state index contributed by atoms with van der Waals surface area (Å²) < 4.78 is 100. The van der Waals surface area contributed by atoms with Gasteiger partial charge in [-0.2, -0.15) is 0 Å². The Morgan fingerprint density at radius 1 is 0.600 bits per heavy atom. The molecule has 4 aromatic rings. The van der Waals surface area contributed by atoms with Gasteiger partial charge in [-0.25, -0.2) is 14.8 Å². The first-order chi connectivity index (χ1) is 32.7. The number of hydrogen-bond donors (Lipinski definition) is 2. The van der Waals surface area contributed by atoms with Crippen LogP contribution < -0.4 is 29.6 Å². The van der Waals surface area contributed by atoms with E-state index in [1.807, 2.05) is 48.5 Å². The molecule has 3 amide bonds. The zero-order valence-electron chi connectivity index (χ0n) is 40.5. The van der Waals surface area contributed by atoms with E-state index >= 15 is 0 Å². The number of carbonyl (C=O) groups is 3. The van der Waals surface area contributed by atoms with Crippen molar-refractivity contribution >= 4 is 17.9 Å². The number of alkyl halides is 6. The zero-order valence-corrected chi connectivity index (χ0v) is 40.5. The van der Waals surface area contributed by atoms with Crippen LogP contribution in [0.4, 0.5) is 31.1 Å². The van der Waals surface area contributed by atoms with Gasteiger partial charge in [0.15, 0.2) is 11.5 Å². The van der Waals surface area contributed by atoms with Crippen LogP contribution in [0, 0.1) is 10.8 Å². The molecule has 4 atom stereocenters. The summed E-state index contributed by atoms with van der Waals surface area (Å²) in [6, 6.07) is 24.1. The second-order valence-electron chi connectivity index (χ2n) is 19.5. The molecule has 382 valence electrons. The number of hydrogen-bond acceptors (Lipinski definition) is 11. The molecule has 20 heteroatoms. The molecule has 2 aromatic heterocycles. The molecule has 0 radical (unpaired) electrons. The van der Waals surface area contributed by atoms with Crippen LogP contribution in [0.2, 0.25) is 0 Å². The molecule has 2 saturated heterocycles. The molecule has 0 aliphatic carbocycles. The molecule has 0 spiro atoms. The molecular weight excluding hydrogens is 927 g/mol. The Hall–Kier alpha value is -6.31. The van der Waals surface area contributed by atoms with Crippen LogP contribution in [-0.2, 0) is 14.3 Å². The molecule has 2 aromatic carbocycles. The molecule has 14 nitrogen and oxygen atoms in total. The third-order valence-corrected chi connectivity index (χ3v) is 11.5. The number of benzene rings is 2. The summed E-state index contributed by atoms with van der Waals surface area (Å²) in [6.45, 7) is 14.1. The third-order valence-electron chi connectivity index (χ3n) is 11.5. The van der Waals surface area contributed by atoms with Gasteiger partial charge in [-0.15, -0.1) is 26.3 Å². The highest BCUT2D eigenvalue weighted by Crippen LogP contribution is 2.35. The first kappa shape index (κ1) is 54.6. The fourth-order valence-electron chi connectivity index (χ4n) is 7.71. The van der Waals surface area contributed by atoms with E-state index in [1.165, 1.54) is 24.5 Å². The van der Waals surface area contributed by atoms with Gasteiger partial charge in [0.25, 0.3) is 11.8 Å². The highest BCUT2D eigenvalue weighted by atomic mass is 19.4. The molecule has 6 rings (SSSR count). The topological polar surface area (TPSA) is 154 Å². The normalized spacial score (nSPS) is 19.1. The molecule has 2 N–H and O–H groups in total. The van der Waals surface area contributed by atoms with Gasteiger partial charge in [0.1, 0.15) is 18.8 Å². The largest absolute Gasteiger partial charge is 0.573 e. The van der Waals surface area contributed by atoms with Crippen molar-refractivity contribution < 1.29 is 64.4 Å². The van der Waals surface area contributed by atoms with Gasteiger partial charge < -0.3 is 44.1 Å². The average Bonchev–Trinajstić information content (AvgIpc) is 3.28. The summed E-state index contributed by atoms with van der Waals surface area (Å²) in [5, 5.41) is 6.22. The molecular formula is C50H62F6N6O8. The van der Waals surface area contributed by atoms with Crippen molar-refractivity contribution in [2.75, 3.05) is 46.4 Å². The number of aromatic nitrogens is 2. The summed E-state index contributed by atoms with van der Waals surface area (Å²) in [4.78, 5) is 50.6. The standard InChI is InChI=1S/C27H34F3N3O5.C23H28F3N3O3/c1-25(2,3)38-24(35)33-15-13-20(19(16-33)18-10-7-6-8-11-18)32-23(34)26(4,5)17-36-22-21(12-9-14-31-22)37-27(28,29)30;1-22(2,15-31-20-19(10-7-12-27-20)32-23(24,25)26)21(30)28-18-11-13-29(3)14-17(18)16-8-5-4-6-9-16/h6-12,14,19-20H,13,15-17H2,1-5H3,(H,32,34);4-10,12,17-18H,11,13-15H2,1-3H3,(H,28,30)/t19-,20-;17-,18-/m01/s1. The number of carbonyl (C=O) groups excluding carboxylic acids is 3. The third kappa shape index (κ3) is 16.7. The number of amides is 3. The van der Waals surface area contributed by atoms with Crippen LogP contribution in [0.3, 0.4) is 0 Å². The van der Waals surface area contributed by atoms with Gasteiger partial charge in [-0.05, 0) is 110 Å². The molecule has 0 saturated carbocycles. The van der Waals surface area contributed by atoms with Crippen LogP contribution in [0.1, 0.15) is 84.3 Å². The van der Waals surface area contributed by atoms with Crippen LogP contribution in [0.25, 0.3) is 0 Å². The molecule has 4 heterocycles. The fourth-order valence-corrected chi connectivity index (χ4v) is 7.71. The van der Waals surface area contributed by atoms with E-state index in [-0.39, 0.29) is 60.7 Å². The highest BCUT2D eigenvalue weighted by molar-refractivity contribution is 5.83. The summed E-state index contributed by atoms with van der Waals surface area (Å²) >= 11 is 0. The Labute approximate surface area is 404 Å². The maximum atomic E-state index is 13.3. The van der Waals surface area contributed by atoms with Crippen molar-refractivity contribution in [1.29, 1.82) is 0 Å². The van der Waals surface area contributed by atoms with Crippen LogP contribution in [0.15, 0.2) is 97.3 Å². The number of likely N-dealkylation sites (tertiary alicyclic amines) is 2. The summed E-state index contributed by atoms with van der Waals surface area (Å²) in [7, 11) is 2.05. The lowest BCUT2D eigenvalue weighted by molar-refractivity contribution is -0.276. The molecule has 2 aliphatic heterocycles. The average molecular weight is 989 g/mol.